The Hall–Kier alpha value is -0.910. The van der Waals surface area contributed by atoms with Gasteiger partial charge < -0.3 is 19.7 Å². The number of cyclic esters (lactones) is 1. The number of esters is 1. The predicted octanol–water partition coefficient (Wildman–Crippen LogP) is 4.17. The van der Waals surface area contributed by atoms with Gasteiger partial charge in [0.05, 0.1) is 6.10 Å². The van der Waals surface area contributed by atoms with Crippen molar-refractivity contribution in [2.45, 2.75) is 97.7 Å². The molecule has 5 nitrogen and oxygen atoms in total. The normalized spacial score (nSPS) is 52.5. The zero-order valence-electron chi connectivity index (χ0n) is 18.9. The maximum absolute atomic E-state index is 11.6. The summed E-state index contributed by atoms with van der Waals surface area (Å²) in [6.07, 6.45) is 8.13. The third kappa shape index (κ3) is 2.87. The van der Waals surface area contributed by atoms with Crippen LogP contribution in [-0.2, 0) is 14.3 Å². The summed E-state index contributed by atoms with van der Waals surface area (Å²) in [5.41, 5.74) is 1.38. The predicted molar refractivity (Wildman–Crippen MR) is 112 cm³/mol. The first kappa shape index (κ1) is 21.0. The fourth-order valence-electron chi connectivity index (χ4n) is 9.07. The van der Waals surface area contributed by atoms with E-state index in [9.17, 15) is 15.0 Å². The van der Waals surface area contributed by atoms with E-state index in [0.717, 1.165) is 18.8 Å². The van der Waals surface area contributed by atoms with Crippen LogP contribution in [0.3, 0.4) is 0 Å². The van der Waals surface area contributed by atoms with Gasteiger partial charge in [-0.2, -0.15) is 0 Å². The third-order valence-electron chi connectivity index (χ3n) is 10.3. The first-order valence-electron chi connectivity index (χ1n) is 12.0. The van der Waals surface area contributed by atoms with Crippen LogP contribution in [-0.4, -0.2) is 34.9 Å². The number of aliphatic hydroxyl groups excluding tert-OH is 2. The highest BCUT2D eigenvalue weighted by Crippen LogP contribution is 2.70. The van der Waals surface area contributed by atoms with E-state index in [-0.39, 0.29) is 11.3 Å². The van der Waals surface area contributed by atoms with Gasteiger partial charge in [-0.05, 0) is 78.9 Å². The second kappa shape index (κ2) is 6.79. The van der Waals surface area contributed by atoms with Crippen molar-refractivity contribution >= 4 is 5.97 Å². The summed E-state index contributed by atoms with van der Waals surface area (Å²) < 4.78 is 10.8. The smallest absolute Gasteiger partial charge is 0.333 e. The first-order valence-corrected chi connectivity index (χ1v) is 12.0. The molecule has 0 aromatic carbocycles. The number of hydrogen-bond donors (Lipinski definition) is 2. The molecule has 9 atom stereocenters. The average Bonchev–Trinajstić information content (AvgIpc) is 2.99. The standard InChI is InChI=1S/C25H38O5/c1-23(2)9-5-10-25(4)18(23)8-11-24(3)16-13-17(15-12-20(26)30-22(15)28)29-21(27)14(16)6-7-19(24)25/h12,14,16-19,21-22,27-28H,5-11,13H2,1-4H3/t14-,16+,17+,18-,19-,21-,22+,24-,25-/m0/s1. The number of carbonyl (C=O) groups excluding carboxylic acids is 1. The largest absolute Gasteiger partial charge is 0.429 e. The molecule has 2 aliphatic heterocycles. The maximum Gasteiger partial charge on any atom is 0.333 e. The van der Waals surface area contributed by atoms with Gasteiger partial charge in [0.25, 0.3) is 0 Å². The van der Waals surface area contributed by atoms with Crippen LogP contribution < -0.4 is 0 Å². The molecule has 0 spiro atoms. The molecule has 5 aliphatic rings. The molecule has 1 saturated heterocycles. The van der Waals surface area contributed by atoms with Gasteiger partial charge in [0.2, 0.25) is 6.29 Å². The molecule has 2 N–H and O–H groups in total. The summed E-state index contributed by atoms with van der Waals surface area (Å²) >= 11 is 0. The molecule has 0 aromatic rings. The van der Waals surface area contributed by atoms with Crippen LogP contribution in [0.4, 0.5) is 0 Å². The fraction of sp³-hybridized carbons (Fsp3) is 0.880. The summed E-state index contributed by atoms with van der Waals surface area (Å²) in [7, 11) is 0. The van der Waals surface area contributed by atoms with Gasteiger partial charge in [-0.3, -0.25) is 0 Å². The van der Waals surface area contributed by atoms with Gasteiger partial charge in [0.1, 0.15) is 0 Å². The highest BCUT2D eigenvalue weighted by molar-refractivity contribution is 5.85. The quantitative estimate of drug-likeness (QED) is 0.625. The van der Waals surface area contributed by atoms with E-state index in [1.807, 2.05) is 0 Å². The molecule has 5 heteroatoms. The second-order valence-corrected chi connectivity index (χ2v) is 12.0. The minimum absolute atomic E-state index is 0.134. The summed E-state index contributed by atoms with van der Waals surface area (Å²) in [6, 6.07) is 0. The van der Waals surface area contributed by atoms with Crippen molar-refractivity contribution in [1.82, 2.24) is 0 Å². The molecule has 2 heterocycles. The molecule has 0 aromatic heterocycles. The molecule has 0 radical (unpaired) electrons. The lowest BCUT2D eigenvalue weighted by atomic mass is 9.38. The summed E-state index contributed by atoms with van der Waals surface area (Å²) in [4.78, 5) is 11.6. The first-order chi connectivity index (χ1) is 14.1. The summed E-state index contributed by atoms with van der Waals surface area (Å²) in [5.74, 6) is 1.35. The number of hydrogen-bond acceptors (Lipinski definition) is 5. The monoisotopic (exact) mass is 418 g/mol. The Labute approximate surface area is 180 Å². The van der Waals surface area contributed by atoms with Crippen molar-refractivity contribution in [3.05, 3.63) is 11.6 Å². The molecule has 0 bridgehead atoms. The molecule has 30 heavy (non-hydrogen) atoms. The van der Waals surface area contributed by atoms with Crippen LogP contribution >= 0.6 is 0 Å². The van der Waals surface area contributed by atoms with Crippen molar-refractivity contribution in [3.63, 3.8) is 0 Å². The van der Waals surface area contributed by atoms with Crippen LogP contribution in [0, 0.1) is 39.9 Å². The topological polar surface area (TPSA) is 76.0 Å². The van der Waals surface area contributed by atoms with Gasteiger partial charge in [-0.25, -0.2) is 4.79 Å². The van der Waals surface area contributed by atoms with Gasteiger partial charge in [0, 0.05) is 17.6 Å². The Morgan fingerprint density at radius 2 is 1.73 bits per heavy atom. The lowest BCUT2D eigenvalue weighted by molar-refractivity contribution is -0.263. The lowest BCUT2D eigenvalue weighted by Crippen LogP contribution is -2.62. The zero-order chi connectivity index (χ0) is 21.5. The summed E-state index contributed by atoms with van der Waals surface area (Å²) in [5, 5.41) is 21.1. The SMILES string of the molecule is CC1(C)CCC[C@]2(C)[C@H]3CC[C@H]4[C@@H](C[C@H](C5=CC(=O)O[C@H]5O)O[C@@H]4O)[C@]3(C)CC[C@@H]12. The minimum atomic E-state index is -1.24. The minimum Gasteiger partial charge on any atom is -0.429 e. The van der Waals surface area contributed by atoms with Crippen LogP contribution in [0.1, 0.15) is 79.1 Å². The number of fused-ring (bicyclic) bond motifs is 5. The molecule has 168 valence electrons. The van der Waals surface area contributed by atoms with E-state index in [1.165, 1.54) is 44.6 Å². The Kier molecular flexibility index (Phi) is 4.75. The number of rotatable bonds is 1. The molecule has 3 saturated carbocycles. The van der Waals surface area contributed by atoms with Crippen molar-refractivity contribution in [2.75, 3.05) is 0 Å². The van der Waals surface area contributed by atoms with Crippen molar-refractivity contribution in [2.24, 2.45) is 39.9 Å². The number of carbonyl (C=O) groups is 1. The van der Waals surface area contributed by atoms with E-state index < -0.39 is 24.7 Å². The van der Waals surface area contributed by atoms with Crippen molar-refractivity contribution < 1.29 is 24.5 Å². The molecule has 3 aliphatic carbocycles. The number of ether oxygens (including phenoxy) is 2. The van der Waals surface area contributed by atoms with Gasteiger partial charge in [-0.1, -0.05) is 34.1 Å². The molecule has 0 amide bonds. The Bertz CT molecular complexity index is 759. The summed E-state index contributed by atoms with van der Waals surface area (Å²) in [6.45, 7) is 9.98. The second-order valence-electron chi connectivity index (χ2n) is 12.0. The van der Waals surface area contributed by atoms with Gasteiger partial charge >= 0.3 is 5.97 Å². The zero-order valence-corrected chi connectivity index (χ0v) is 18.9. The average molecular weight is 419 g/mol. The van der Waals surface area contributed by atoms with Gasteiger partial charge in [0.15, 0.2) is 6.29 Å². The van der Waals surface area contributed by atoms with E-state index in [2.05, 4.69) is 27.7 Å². The van der Waals surface area contributed by atoms with Gasteiger partial charge in [-0.15, -0.1) is 0 Å². The Morgan fingerprint density at radius 3 is 2.43 bits per heavy atom. The highest BCUT2D eigenvalue weighted by Gasteiger charge is 2.63. The maximum atomic E-state index is 11.6. The van der Waals surface area contributed by atoms with Crippen LogP contribution in [0.5, 0.6) is 0 Å². The molecular weight excluding hydrogens is 380 g/mol. The third-order valence-corrected chi connectivity index (χ3v) is 10.3. The molecule has 5 rings (SSSR count). The molecular formula is C25H38O5. The Balaban J connectivity index is 1.47. The number of aliphatic hydroxyl groups is 2. The van der Waals surface area contributed by atoms with Crippen molar-refractivity contribution in [1.29, 1.82) is 0 Å². The van der Waals surface area contributed by atoms with E-state index in [1.54, 1.807) is 0 Å². The molecule has 0 unspecified atom stereocenters. The van der Waals surface area contributed by atoms with Crippen LogP contribution in [0.25, 0.3) is 0 Å². The lowest BCUT2D eigenvalue weighted by Gasteiger charge is -2.67. The highest BCUT2D eigenvalue weighted by atomic mass is 16.6. The van der Waals surface area contributed by atoms with E-state index in [4.69, 9.17) is 9.47 Å². The van der Waals surface area contributed by atoms with E-state index >= 15 is 0 Å². The van der Waals surface area contributed by atoms with Crippen LogP contribution in [0.15, 0.2) is 11.6 Å². The van der Waals surface area contributed by atoms with Crippen molar-refractivity contribution in [3.8, 4) is 0 Å². The van der Waals surface area contributed by atoms with Crippen LogP contribution in [0.2, 0.25) is 0 Å². The Morgan fingerprint density at radius 1 is 0.967 bits per heavy atom. The molecule has 4 fully saturated rings. The fourth-order valence-corrected chi connectivity index (χ4v) is 9.07. The van der Waals surface area contributed by atoms with E-state index in [0.29, 0.717) is 28.2 Å².